The van der Waals surface area contributed by atoms with Crippen molar-refractivity contribution in [2.24, 2.45) is 0 Å². The Kier molecular flexibility index (Phi) is 6.13. The van der Waals surface area contributed by atoms with Crippen LogP contribution in [0.2, 0.25) is 0 Å². The minimum absolute atomic E-state index is 0.562. The van der Waals surface area contributed by atoms with Gasteiger partial charge in [0, 0.05) is 5.56 Å². The molecule has 2 N–H and O–H groups in total. The third-order valence-corrected chi connectivity index (χ3v) is 4.80. The first kappa shape index (κ1) is 16.8. The zero-order valence-electron chi connectivity index (χ0n) is 14.5. The standard InChI is InChI=1S/C21H27NO2/c1-23-20-13-12-18(15-22-19-10-6-3-7-11-19)14-21(20)24-16-17-8-4-2-5-9-17/h2,4-5,8-9,12-14,19,22H,3,6-7,10-11,15-16H2,1H3/p+1. The van der Waals surface area contributed by atoms with Crippen LogP contribution in [0.1, 0.15) is 43.2 Å². The van der Waals surface area contributed by atoms with E-state index in [-0.39, 0.29) is 0 Å². The summed E-state index contributed by atoms with van der Waals surface area (Å²) in [7, 11) is 1.69. The Labute approximate surface area is 145 Å². The average Bonchev–Trinajstić information content (AvgIpc) is 2.66. The van der Waals surface area contributed by atoms with Crippen LogP contribution in [0.5, 0.6) is 11.5 Å². The molecule has 1 fully saturated rings. The molecule has 2 aromatic rings. The van der Waals surface area contributed by atoms with E-state index < -0.39 is 0 Å². The smallest absolute Gasteiger partial charge is 0.162 e. The van der Waals surface area contributed by atoms with Gasteiger partial charge in [-0.05, 0) is 49.4 Å². The lowest BCUT2D eigenvalue weighted by Gasteiger charge is -2.20. The number of methoxy groups -OCH3 is 1. The van der Waals surface area contributed by atoms with Crippen molar-refractivity contribution in [1.29, 1.82) is 0 Å². The Morgan fingerprint density at radius 3 is 2.46 bits per heavy atom. The van der Waals surface area contributed by atoms with E-state index in [1.54, 1.807) is 7.11 Å². The number of quaternary nitrogens is 1. The molecule has 3 nitrogen and oxygen atoms in total. The van der Waals surface area contributed by atoms with Crippen molar-refractivity contribution >= 4 is 0 Å². The average molecular weight is 326 g/mol. The van der Waals surface area contributed by atoms with Gasteiger partial charge in [0.1, 0.15) is 13.2 Å². The number of benzene rings is 2. The van der Waals surface area contributed by atoms with Crippen LogP contribution in [-0.2, 0) is 13.2 Å². The highest BCUT2D eigenvalue weighted by atomic mass is 16.5. The van der Waals surface area contributed by atoms with Crippen molar-refractivity contribution in [2.75, 3.05) is 7.11 Å². The Morgan fingerprint density at radius 1 is 0.917 bits per heavy atom. The molecule has 3 rings (SSSR count). The van der Waals surface area contributed by atoms with Crippen LogP contribution in [0.15, 0.2) is 48.5 Å². The normalized spacial score (nSPS) is 15.2. The van der Waals surface area contributed by atoms with Crippen molar-refractivity contribution in [3.05, 3.63) is 59.7 Å². The molecule has 0 atom stereocenters. The van der Waals surface area contributed by atoms with Crippen molar-refractivity contribution in [1.82, 2.24) is 0 Å². The lowest BCUT2D eigenvalue weighted by Crippen LogP contribution is -2.88. The Bertz CT molecular complexity index is 621. The Balaban J connectivity index is 1.61. The van der Waals surface area contributed by atoms with Crippen LogP contribution in [0, 0.1) is 0 Å². The van der Waals surface area contributed by atoms with Crippen molar-refractivity contribution in [2.45, 2.75) is 51.3 Å². The molecule has 128 valence electrons. The van der Waals surface area contributed by atoms with Gasteiger partial charge in [-0.3, -0.25) is 0 Å². The highest BCUT2D eigenvalue weighted by Gasteiger charge is 2.16. The van der Waals surface area contributed by atoms with E-state index in [2.05, 4.69) is 29.6 Å². The molecule has 0 saturated heterocycles. The highest BCUT2D eigenvalue weighted by Crippen LogP contribution is 2.28. The SMILES string of the molecule is COc1ccc(C[NH2+]C2CCCCC2)cc1OCc1ccccc1. The van der Waals surface area contributed by atoms with E-state index in [0.29, 0.717) is 6.61 Å². The summed E-state index contributed by atoms with van der Waals surface area (Å²) in [5.41, 5.74) is 2.46. The third kappa shape index (κ3) is 4.75. The molecule has 0 aliphatic heterocycles. The second kappa shape index (κ2) is 8.74. The number of nitrogens with two attached hydrogens (primary N) is 1. The van der Waals surface area contributed by atoms with Crippen molar-refractivity contribution in [3.63, 3.8) is 0 Å². The molecule has 0 amide bonds. The fraction of sp³-hybridized carbons (Fsp3) is 0.429. The first-order valence-corrected chi connectivity index (χ1v) is 9.02. The van der Waals surface area contributed by atoms with Crippen LogP contribution in [0.25, 0.3) is 0 Å². The van der Waals surface area contributed by atoms with Gasteiger partial charge in [-0.15, -0.1) is 0 Å². The van der Waals surface area contributed by atoms with Crippen molar-refractivity contribution < 1.29 is 14.8 Å². The summed E-state index contributed by atoms with van der Waals surface area (Å²) in [5, 5.41) is 2.49. The summed E-state index contributed by atoms with van der Waals surface area (Å²) in [6.45, 7) is 1.57. The molecule has 0 unspecified atom stereocenters. The summed E-state index contributed by atoms with van der Waals surface area (Å²) < 4.78 is 11.5. The number of ether oxygens (including phenoxy) is 2. The third-order valence-electron chi connectivity index (χ3n) is 4.80. The largest absolute Gasteiger partial charge is 0.493 e. The molecule has 0 aromatic heterocycles. The van der Waals surface area contributed by atoms with Crippen LogP contribution in [0.3, 0.4) is 0 Å². The monoisotopic (exact) mass is 326 g/mol. The van der Waals surface area contributed by atoms with E-state index in [1.807, 2.05) is 24.3 Å². The van der Waals surface area contributed by atoms with Gasteiger partial charge in [0.2, 0.25) is 0 Å². The quantitative estimate of drug-likeness (QED) is 0.842. The van der Waals surface area contributed by atoms with Gasteiger partial charge in [0.25, 0.3) is 0 Å². The maximum Gasteiger partial charge on any atom is 0.162 e. The van der Waals surface area contributed by atoms with E-state index in [0.717, 1.165) is 24.1 Å². The summed E-state index contributed by atoms with van der Waals surface area (Å²) in [5.74, 6) is 1.63. The zero-order chi connectivity index (χ0) is 16.6. The van der Waals surface area contributed by atoms with Crippen LogP contribution in [0.4, 0.5) is 0 Å². The minimum atomic E-state index is 0.562. The van der Waals surface area contributed by atoms with E-state index in [9.17, 15) is 0 Å². The van der Waals surface area contributed by atoms with Crippen LogP contribution < -0.4 is 14.8 Å². The van der Waals surface area contributed by atoms with Crippen molar-refractivity contribution in [3.8, 4) is 11.5 Å². The molecule has 0 spiro atoms. The van der Waals surface area contributed by atoms with Crippen LogP contribution in [-0.4, -0.2) is 13.2 Å². The molecule has 0 radical (unpaired) electrons. The number of hydrogen-bond donors (Lipinski definition) is 1. The highest BCUT2D eigenvalue weighted by molar-refractivity contribution is 5.42. The fourth-order valence-corrected chi connectivity index (χ4v) is 3.37. The summed E-state index contributed by atoms with van der Waals surface area (Å²) in [6.07, 6.45) is 6.88. The number of rotatable bonds is 7. The fourth-order valence-electron chi connectivity index (χ4n) is 3.37. The summed E-state index contributed by atoms with van der Waals surface area (Å²) in [4.78, 5) is 0. The second-order valence-corrected chi connectivity index (χ2v) is 6.60. The summed E-state index contributed by atoms with van der Waals surface area (Å²) in [6, 6.07) is 17.3. The zero-order valence-corrected chi connectivity index (χ0v) is 14.5. The lowest BCUT2D eigenvalue weighted by molar-refractivity contribution is -0.706. The lowest BCUT2D eigenvalue weighted by atomic mass is 9.95. The Hall–Kier alpha value is -2.00. The molecule has 1 aliphatic carbocycles. The molecule has 2 aromatic carbocycles. The second-order valence-electron chi connectivity index (χ2n) is 6.60. The Morgan fingerprint density at radius 2 is 1.71 bits per heavy atom. The predicted octanol–water partition coefficient (Wildman–Crippen LogP) is 3.67. The molecule has 0 bridgehead atoms. The van der Waals surface area contributed by atoms with Crippen LogP contribution >= 0.6 is 0 Å². The molecule has 3 heteroatoms. The van der Waals surface area contributed by atoms with E-state index >= 15 is 0 Å². The van der Waals surface area contributed by atoms with E-state index in [1.165, 1.54) is 43.2 Å². The predicted molar refractivity (Wildman–Crippen MR) is 96.3 cm³/mol. The molecule has 1 aliphatic rings. The maximum atomic E-state index is 6.01. The van der Waals surface area contributed by atoms with Gasteiger partial charge >= 0.3 is 0 Å². The molecule has 0 heterocycles. The maximum absolute atomic E-state index is 6.01. The molecule has 24 heavy (non-hydrogen) atoms. The molecule has 1 saturated carbocycles. The van der Waals surface area contributed by atoms with Gasteiger partial charge in [-0.1, -0.05) is 36.8 Å². The van der Waals surface area contributed by atoms with Gasteiger partial charge in [0.05, 0.1) is 13.2 Å². The van der Waals surface area contributed by atoms with Gasteiger partial charge in [-0.2, -0.15) is 0 Å². The first-order valence-electron chi connectivity index (χ1n) is 9.02. The topological polar surface area (TPSA) is 35.1 Å². The van der Waals surface area contributed by atoms with Gasteiger partial charge in [-0.25, -0.2) is 0 Å². The van der Waals surface area contributed by atoms with Gasteiger partial charge in [0.15, 0.2) is 11.5 Å². The summed E-state index contributed by atoms with van der Waals surface area (Å²) >= 11 is 0. The molecular formula is C21H28NO2+. The van der Waals surface area contributed by atoms with Gasteiger partial charge < -0.3 is 14.8 Å². The minimum Gasteiger partial charge on any atom is -0.493 e. The first-order chi connectivity index (χ1) is 11.8. The number of hydrogen-bond acceptors (Lipinski definition) is 2. The van der Waals surface area contributed by atoms with E-state index in [4.69, 9.17) is 9.47 Å². The molecular weight excluding hydrogens is 298 g/mol.